The van der Waals surface area contributed by atoms with Crippen molar-refractivity contribution in [1.82, 2.24) is 4.73 Å². The normalized spacial score (nSPS) is 11.6. The molecule has 0 bridgehead atoms. The molecule has 7 nitrogen and oxygen atoms in total. The summed E-state index contributed by atoms with van der Waals surface area (Å²) in [6.07, 6.45) is 0.850. The van der Waals surface area contributed by atoms with E-state index in [0.717, 1.165) is 12.0 Å². The second-order valence-corrected chi connectivity index (χ2v) is 7.21. The van der Waals surface area contributed by atoms with Crippen LogP contribution in [0.25, 0.3) is 10.9 Å². The number of hydrogen-bond donors (Lipinski definition) is 3. The second kappa shape index (κ2) is 6.14. The molecule has 3 aromatic rings. The van der Waals surface area contributed by atoms with Crippen LogP contribution in [0.1, 0.15) is 23.0 Å². The monoisotopic (exact) mass is 360 g/mol. The van der Waals surface area contributed by atoms with Gasteiger partial charge in [0.25, 0.3) is 10.0 Å². The quantitative estimate of drug-likeness (QED) is 0.606. The number of anilines is 1. The topological polar surface area (TPSA) is 109 Å². The third kappa shape index (κ3) is 3.16. The standard InChI is InChI=1S/C17H16N2O5S/c1-2-11-3-6-13(7-4-11)18-25(23,24)14-8-5-12-9-16(17(20)21)19(22)15(12)10-14/h3-10,18,22H,2H2,1H3,(H,20,21). The van der Waals surface area contributed by atoms with Crippen molar-refractivity contribution in [3.63, 3.8) is 0 Å². The molecule has 0 aliphatic rings. The van der Waals surface area contributed by atoms with Crippen LogP contribution in [0.15, 0.2) is 53.4 Å². The average Bonchev–Trinajstić information content (AvgIpc) is 2.92. The van der Waals surface area contributed by atoms with E-state index in [4.69, 9.17) is 5.11 Å². The molecular formula is C17H16N2O5S. The fourth-order valence-electron chi connectivity index (χ4n) is 2.51. The van der Waals surface area contributed by atoms with Gasteiger partial charge in [0.2, 0.25) is 0 Å². The summed E-state index contributed by atoms with van der Waals surface area (Å²) in [5, 5.41) is 19.4. The van der Waals surface area contributed by atoms with Crippen LogP contribution in [0, 0.1) is 0 Å². The lowest BCUT2D eigenvalue weighted by Crippen LogP contribution is -2.13. The van der Waals surface area contributed by atoms with Crippen LogP contribution in [0.5, 0.6) is 0 Å². The number of carboxylic acid groups (broad SMARTS) is 1. The summed E-state index contributed by atoms with van der Waals surface area (Å²) in [5.74, 6) is -1.31. The molecular weight excluding hydrogens is 344 g/mol. The maximum atomic E-state index is 12.5. The Balaban J connectivity index is 1.98. The van der Waals surface area contributed by atoms with Gasteiger partial charge in [-0.05, 0) is 42.3 Å². The molecule has 0 saturated heterocycles. The van der Waals surface area contributed by atoms with Crippen LogP contribution < -0.4 is 4.72 Å². The Morgan fingerprint density at radius 3 is 2.40 bits per heavy atom. The number of benzene rings is 2. The number of nitrogens with one attached hydrogen (secondary N) is 1. The van der Waals surface area contributed by atoms with E-state index in [-0.39, 0.29) is 16.1 Å². The number of aromatic carboxylic acids is 1. The average molecular weight is 360 g/mol. The van der Waals surface area contributed by atoms with E-state index in [1.54, 1.807) is 12.1 Å². The molecule has 0 spiro atoms. The summed E-state index contributed by atoms with van der Waals surface area (Å²) in [4.78, 5) is 11.0. The van der Waals surface area contributed by atoms with Crippen LogP contribution in [0.4, 0.5) is 5.69 Å². The Morgan fingerprint density at radius 1 is 1.12 bits per heavy atom. The minimum absolute atomic E-state index is 0.0788. The summed E-state index contributed by atoms with van der Waals surface area (Å²) in [5.41, 5.74) is 1.26. The lowest BCUT2D eigenvalue weighted by Gasteiger charge is -2.09. The first kappa shape index (κ1) is 16.8. The van der Waals surface area contributed by atoms with Crippen molar-refractivity contribution in [1.29, 1.82) is 0 Å². The minimum atomic E-state index is -3.87. The molecule has 0 amide bonds. The van der Waals surface area contributed by atoms with E-state index < -0.39 is 16.0 Å². The molecule has 0 aliphatic carbocycles. The van der Waals surface area contributed by atoms with E-state index in [2.05, 4.69) is 4.72 Å². The molecule has 0 atom stereocenters. The molecule has 0 radical (unpaired) electrons. The summed E-state index contributed by atoms with van der Waals surface area (Å²) in [6, 6.07) is 12.3. The highest BCUT2D eigenvalue weighted by atomic mass is 32.2. The number of aromatic nitrogens is 1. The van der Waals surface area contributed by atoms with Gasteiger partial charge in [0.05, 0.1) is 10.4 Å². The highest BCUT2D eigenvalue weighted by Crippen LogP contribution is 2.24. The molecule has 3 rings (SSSR count). The molecule has 0 aliphatic heterocycles. The first-order chi connectivity index (χ1) is 11.8. The van der Waals surface area contributed by atoms with Crippen molar-refractivity contribution < 1.29 is 23.5 Å². The van der Waals surface area contributed by atoms with Crippen molar-refractivity contribution in [3.8, 4) is 0 Å². The summed E-state index contributed by atoms with van der Waals surface area (Å²) in [7, 11) is -3.87. The van der Waals surface area contributed by atoms with Crippen molar-refractivity contribution in [2.75, 3.05) is 4.72 Å². The minimum Gasteiger partial charge on any atom is -0.476 e. The zero-order valence-corrected chi connectivity index (χ0v) is 14.1. The predicted molar refractivity (Wildman–Crippen MR) is 92.7 cm³/mol. The Kier molecular flexibility index (Phi) is 4.13. The van der Waals surface area contributed by atoms with Gasteiger partial charge in [0, 0.05) is 11.1 Å². The van der Waals surface area contributed by atoms with Crippen molar-refractivity contribution in [3.05, 3.63) is 59.8 Å². The molecule has 0 unspecified atom stereocenters. The highest BCUT2D eigenvalue weighted by Gasteiger charge is 2.19. The van der Waals surface area contributed by atoms with Crippen molar-refractivity contribution in [2.45, 2.75) is 18.2 Å². The Bertz CT molecular complexity index is 1050. The molecule has 0 fully saturated rings. The largest absolute Gasteiger partial charge is 0.476 e. The summed E-state index contributed by atoms with van der Waals surface area (Å²) >= 11 is 0. The number of sulfonamides is 1. The molecule has 25 heavy (non-hydrogen) atoms. The van der Waals surface area contributed by atoms with E-state index >= 15 is 0 Å². The number of aryl methyl sites for hydroxylation is 1. The number of rotatable bonds is 5. The summed E-state index contributed by atoms with van der Waals surface area (Å²) < 4.78 is 28.0. The van der Waals surface area contributed by atoms with E-state index in [0.29, 0.717) is 15.8 Å². The van der Waals surface area contributed by atoms with Gasteiger partial charge in [0.1, 0.15) is 0 Å². The molecule has 130 valence electrons. The molecule has 0 saturated carbocycles. The number of hydrogen-bond acceptors (Lipinski definition) is 4. The zero-order chi connectivity index (χ0) is 18.2. The molecule has 1 aromatic heterocycles. The Hall–Kier alpha value is -3.00. The Labute approximate surface area is 144 Å². The molecule has 1 heterocycles. The second-order valence-electron chi connectivity index (χ2n) is 5.52. The van der Waals surface area contributed by atoms with Gasteiger partial charge in [-0.15, -0.1) is 0 Å². The van der Waals surface area contributed by atoms with Gasteiger partial charge in [-0.1, -0.05) is 25.1 Å². The van der Waals surface area contributed by atoms with Crippen LogP contribution in [0.2, 0.25) is 0 Å². The van der Waals surface area contributed by atoms with Gasteiger partial charge in [-0.2, -0.15) is 4.73 Å². The van der Waals surface area contributed by atoms with Gasteiger partial charge in [-0.3, -0.25) is 4.72 Å². The van der Waals surface area contributed by atoms with E-state index in [9.17, 15) is 18.4 Å². The van der Waals surface area contributed by atoms with E-state index in [1.165, 1.54) is 24.3 Å². The fraction of sp³-hybridized carbons (Fsp3) is 0.118. The Morgan fingerprint density at radius 2 is 1.80 bits per heavy atom. The number of fused-ring (bicyclic) bond motifs is 1. The first-order valence-corrected chi connectivity index (χ1v) is 9.00. The first-order valence-electron chi connectivity index (χ1n) is 7.51. The van der Waals surface area contributed by atoms with Crippen LogP contribution in [0.3, 0.4) is 0 Å². The van der Waals surface area contributed by atoms with Gasteiger partial charge >= 0.3 is 5.97 Å². The molecule has 3 N–H and O–H groups in total. The maximum absolute atomic E-state index is 12.5. The van der Waals surface area contributed by atoms with Gasteiger partial charge in [0.15, 0.2) is 5.69 Å². The van der Waals surface area contributed by atoms with Gasteiger partial charge in [-0.25, -0.2) is 13.2 Å². The van der Waals surface area contributed by atoms with Crippen LogP contribution in [-0.2, 0) is 16.4 Å². The van der Waals surface area contributed by atoms with Crippen molar-refractivity contribution >= 4 is 32.6 Å². The van der Waals surface area contributed by atoms with Crippen molar-refractivity contribution in [2.24, 2.45) is 0 Å². The third-order valence-electron chi connectivity index (χ3n) is 3.89. The number of carbonyl (C=O) groups is 1. The lowest BCUT2D eigenvalue weighted by molar-refractivity contribution is 0.0649. The summed E-state index contributed by atoms with van der Waals surface area (Å²) in [6.45, 7) is 2.00. The smallest absolute Gasteiger partial charge is 0.356 e. The predicted octanol–water partition coefficient (Wildman–Crippen LogP) is 2.94. The van der Waals surface area contributed by atoms with E-state index in [1.807, 2.05) is 19.1 Å². The highest BCUT2D eigenvalue weighted by molar-refractivity contribution is 7.92. The SMILES string of the molecule is CCc1ccc(NS(=O)(=O)c2ccc3cc(C(=O)O)n(O)c3c2)cc1. The fourth-order valence-corrected chi connectivity index (χ4v) is 3.59. The molecule has 2 aromatic carbocycles. The van der Waals surface area contributed by atoms with Crippen LogP contribution >= 0.6 is 0 Å². The van der Waals surface area contributed by atoms with Gasteiger partial charge < -0.3 is 10.3 Å². The number of carboxylic acids is 1. The lowest BCUT2D eigenvalue weighted by atomic mass is 10.2. The number of nitrogens with zero attached hydrogens (tertiary/aromatic N) is 1. The van der Waals surface area contributed by atoms with Crippen LogP contribution in [-0.4, -0.2) is 29.4 Å². The maximum Gasteiger partial charge on any atom is 0.356 e. The third-order valence-corrected chi connectivity index (χ3v) is 5.27. The zero-order valence-electron chi connectivity index (χ0n) is 13.3. The molecule has 8 heteroatoms.